The van der Waals surface area contributed by atoms with Gasteiger partial charge in [-0.1, -0.05) is 6.07 Å². The van der Waals surface area contributed by atoms with Crippen LogP contribution < -0.4 is 5.73 Å². The first-order chi connectivity index (χ1) is 6.18. The fourth-order valence-electron chi connectivity index (χ4n) is 1.80. The molecule has 0 amide bonds. The highest BCUT2D eigenvalue weighted by Gasteiger charge is 2.31. The first-order valence-electron chi connectivity index (χ1n) is 4.38. The first-order valence-corrected chi connectivity index (χ1v) is 4.38. The molecule has 0 saturated heterocycles. The van der Waals surface area contributed by atoms with Crippen molar-refractivity contribution in [3.63, 3.8) is 0 Å². The van der Waals surface area contributed by atoms with E-state index in [-0.39, 0.29) is 17.5 Å². The Bertz CT molecular complexity index is 298. The molecule has 1 aliphatic carbocycles. The maximum Gasteiger partial charge on any atom is 0.129 e. The van der Waals surface area contributed by atoms with Crippen molar-refractivity contribution in [3.05, 3.63) is 35.4 Å². The van der Waals surface area contributed by atoms with Crippen LogP contribution in [0.2, 0.25) is 0 Å². The Morgan fingerprint density at radius 2 is 1.69 bits per heavy atom. The van der Waals surface area contributed by atoms with E-state index in [0.717, 1.165) is 0 Å². The van der Waals surface area contributed by atoms with Crippen LogP contribution in [-0.4, -0.2) is 6.04 Å². The van der Waals surface area contributed by atoms with Gasteiger partial charge in [0.1, 0.15) is 11.6 Å². The largest absolute Gasteiger partial charge is 0.328 e. The second-order valence-corrected chi connectivity index (χ2v) is 3.56. The number of hydrogen-bond donors (Lipinski definition) is 1. The summed E-state index contributed by atoms with van der Waals surface area (Å²) >= 11 is 0. The van der Waals surface area contributed by atoms with Crippen LogP contribution >= 0.6 is 0 Å². The predicted molar refractivity (Wildman–Crippen MR) is 46.3 cm³/mol. The van der Waals surface area contributed by atoms with Crippen molar-refractivity contribution in [2.75, 3.05) is 0 Å². The molecule has 1 aromatic carbocycles. The minimum atomic E-state index is -0.447. The van der Waals surface area contributed by atoms with Crippen LogP contribution in [0, 0.1) is 11.6 Å². The molecular formula is C10H11F2N. The molecule has 2 N–H and O–H groups in total. The minimum Gasteiger partial charge on any atom is -0.328 e. The Labute approximate surface area is 75.6 Å². The lowest BCUT2D eigenvalue weighted by atomic mass is 9.76. The number of hydrogen-bond acceptors (Lipinski definition) is 1. The van der Waals surface area contributed by atoms with Gasteiger partial charge >= 0.3 is 0 Å². The lowest BCUT2D eigenvalue weighted by molar-refractivity contribution is 0.332. The normalized spacial score (nSPS) is 27.0. The Morgan fingerprint density at radius 3 is 2.15 bits per heavy atom. The smallest absolute Gasteiger partial charge is 0.129 e. The highest BCUT2D eigenvalue weighted by molar-refractivity contribution is 5.26. The van der Waals surface area contributed by atoms with Crippen LogP contribution in [0.5, 0.6) is 0 Å². The van der Waals surface area contributed by atoms with E-state index < -0.39 is 11.6 Å². The van der Waals surface area contributed by atoms with Gasteiger partial charge in [-0.3, -0.25) is 0 Å². The average Bonchev–Trinajstić information content (AvgIpc) is 2.00. The Morgan fingerprint density at radius 1 is 1.15 bits per heavy atom. The molecule has 3 heteroatoms. The van der Waals surface area contributed by atoms with Gasteiger partial charge in [-0.2, -0.15) is 0 Å². The molecule has 2 rings (SSSR count). The van der Waals surface area contributed by atoms with Gasteiger partial charge in [0.25, 0.3) is 0 Å². The number of benzene rings is 1. The van der Waals surface area contributed by atoms with E-state index in [4.69, 9.17) is 5.73 Å². The van der Waals surface area contributed by atoms with Gasteiger partial charge < -0.3 is 5.73 Å². The van der Waals surface area contributed by atoms with Gasteiger partial charge in [-0.05, 0) is 30.9 Å². The van der Waals surface area contributed by atoms with Crippen LogP contribution in [0.1, 0.15) is 24.3 Å². The number of rotatable bonds is 1. The number of halogens is 2. The average molecular weight is 183 g/mol. The molecule has 0 unspecified atom stereocenters. The minimum absolute atomic E-state index is 0.0174. The summed E-state index contributed by atoms with van der Waals surface area (Å²) in [5.74, 6) is -0.912. The van der Waals surface area contributed by atoms with Crippen molar-refractivity contribution in [1.82, 2.24) is 0 Å². The fourth-order valence-corrected chi connectivity index (χ4v) is 1.80. The Kier molecular flexibility index (Phi) is 2.04. The summed E-state index contributed by atoms with van der Waals surface area (Å²) in [5.41, 5.74) is 5.77. The lowest BCUT2D eigenvalue weighted by Crippen LogP contribution is -2.35. The van der Waals surface area contributed by atoms with Crippen molar-refractivity contribution in [2.45, 2.75) is 24.8 Å². The van der Waals surface area contributed by atoms with E-state index in [1.54, 1.807) is 0 Å². The van der Waals surface area contributed by atoms with E-state index in [0.29, 0.717) is 12.8 Å². The Hall–Kier alpha value is -0.960. The topological polar surface area (TPSA) is 26.0 Å². The molecular weight excluding hydrogens is 172 g/mol. The third-order valence-corrected chi connectivity index (χ3v) is 2.58. The second-order valence-electron chi connectivity index (χ2n) is 3.56. The molecule has 1 saturated carbocycles. The zero-order valence-corrected chi connectivity index (χ0v) is 7.13. The van der Waals surface area contributed by atoms with E-state index in [9.17, 15) is 8.78 Å². The highest BCUT2D eigenvalue weighted by atomic mass is 19.1. The maximum absolute atomic E-state index is 13.2. The predicted octanol–water partition coefficient (Wildman–Crippen LogP) is 2.17. The molecule has 70 valence electrons. The second kappa shape index (κ2) is 3.07. The molecule has 0 heterocycles. The van der Waals surface area contributed by atoms with E-state index >= 15 is 0 Å². The third-order valence-electron chi connectivity index (χ3n) is 2.58. The molecule has 1 aliphatic rings. The summed E-state index contributed by atoms with van der Waals surface area (Å²) < 4.78 is 26.3. The van der Waals surface area contributed by atoms with Crippen molar-refractivity contribution < 1.29 is 8.78 Å². The van der Waals surface area contributed by atoms with Crippen molar-refractivity contribution in [1.29, 1.82) is 0 Å². The third kappa shape index (κ3) is 1.44. The molecule has 0 bridgehead atoms. The zero-order valence-electron chi connectivity index (χ0n) is 7.13. The van der Waals surface area contributed by atoms with Crippen molar-refractivity contribution >= 4 is 0 Å². The summed E-state index contributed by atoms with van der Waals surface area (Å²) in [6, 6.07) is 4.08. The van der Waals surface area contributed by atoms with Crippen LogP contribution in [0.3, 0.4) is 0 Å². The molecule has 1 fully saturated rings. The van der Waals surface area contributed by atoms with Crippen LogP contribution in [0.15, 0.2) is 18.2 Å². The zero-order chi connectivity index (χ0) is 9.42. The van der Waals surface area contributed by atoms with Gasteiger partial charge in [0, 0.05) is 11.6 Å². The van der Waals surface area contributed by atoms with Gasteiger partial charge in [-0.25, -0.2) is 8.78 Å². The Balaban J connectivity index is 2.29. The molecule has 13 heavy (non-hydrogen) atoms. The summed E-state index contributed by atoms with van der Waals surface area (Å²) in [5, 5.41) is 0. The summed E-state index contributed by atoms with van der Waals surface area (Å²) in [6.07, 6.45) is 1.38. The molecule has 0 radical (unpaired) electrons. The van der Waals surface area contributed by atoms with Crippen LogP contribution in [0.4, 0.5) is 8.78 Å². The maximum atomic E-state index is 13.2. The molecule has 0 atom stereocenters. The van der Waals surface area contributed by atoms with E-state index in [2.05, 4.69) is 0 Å². The van der Waals surface area contributed by atoms with Gasteiger partial charge in [0.05, 0.1) is 0 Å². The van der Waals surface area contributed by atoms with Crippen molar-refractivity contribution in [2.24, 2.45) is 5.73 Å². The summed E-state index contributed by atoms with van der Waals surface area (Å²) in [7, 11) is 0. The van der Waals surface area contributed by atoms with E-state index in [1.165, 1.54) is 18.2 Å². The molecule has 0 aromatic heterocycles. The highest BCUT2D eigenvalue weighted by Crippen LogP contribution is 2.38. The molecule has 1 nitrogen and oxygen atoms in total. The van der Waals surface area contributed by atoms with Gasteiger partial charge in [0.2, 0.25) is 0 Å². The van der Waals surface area contributed by atoms with Crippen molar-refractivity contribution in [3.8, 4) is 0 Å². The quantitative estimate of drug-likeness (QED) is 0.709. The first kappa shape index (κ1) is 8.63. The SMILES string of the molecule is NC1CC(c2c(F)cccc2F)C1. The summed E-state index contributed by atoms with van der Waals surface area (Å²) in [6.45, 7) is 0. The molecule has 0 spiro atoms. The van der Waals surface area contributed by atoms with Gasteiger partial charge in [-0.15, -0.1) is 0 Å². The molecule has 0 aliphatic heterocycles. The lowest BCUT2D eigenvalue weighted by Gasteiger charge is -2.33. The van der Waals surface area contributed by atoms with Crippen LogP contribution in [-0.2, 0) is 0 Å². The van der Waals surface area contributed by atoms with Gasteiger partial charge in [0.15, 0.2) is 0 Å². The number of nitrogens with two attached hydrogens (primary N) is 1. The standard InChI is InChI=1S/C10H11F2N/c11-8-2-1-3-9(12)10(8)6-4-7(13)5-6/h1-3,6-7H,4-5,13H2. The summed E-state index contributed by atoms with van der Waals surface area (Å²) in [4.78, 5) is 0. The monoisotopic (exact) mass is 183 g/mol. The van der Waals surface area contributed by atoms with Crippen LogP contribution in [0.25, 0.3) is 0 Å². The van der Waals surface area contributed by atoms with E-state index in [1.807, 2.05) is 0 Å². The fraction of sp³-hybridized carbons (Fsp3) is 0.400. The molecule has 1 aromatic rings.